The molecule has 1 heterocycles. The number of carbonyl (C=O) groups excluding carboxylic acids is 1. The van der Waals surface area contributed by atoms with Crippen molar-refractivity contribution in [2.24, 2.45) is 5.73 Å². The normalized spacial score (nSPS) is 16.8. The summed E-state index contributed by atoms with van der Waals surface area (Å²) in [5.41, 5.74) is 6.97. The SMILES string of the molecule is NC(=S)c1cccc(NC(=O)CN2CCS(=O)CC2)c1. The maximum Gasteiger partial charge on any atom is 0.238 e. The maximum atomic E-state index is 12.0. The van der Waals surface area contributed by atoms with Crippen molar-refractivity contribution in [1.82, 2.24) is 4.90 Å². The van der Waals surface area contributed by atoms with Crippen LogP contribution < -0.4 is 11.1 Å². The lowest BCUT2D eigenvalue weighted by atomic mass is 10.2. The highest BCUT2D eigenvalue weighted by Gasteiger charge is 2.17. The van der Waals surface area contributed by atoms with Crippen molar-refractivity contribution in [3.05, 3.63) is 29.8 Å². The molecule has 1 saturated heterocycles. The number of carbonyl (C=O) groups is 1. The molecule has 7 heteroatoms. The van der Waals surface area contributed by atoms with Gasteiger partial charge in [-0.2, -0.15) is 0 Å². The molecule has 0 unspecified atom stereocenters. The van der Waals surface area contributed by atoms with Gasteiger partial charge >= 0.3 is 0 Å². The largest absolute Gasteiger partial charge is 0.389 e. The minimum atomic E-state index is -0.724. The molecule has 1 fully saturated rings. The molecule has 1 amide bonds. The molecule has 108 valence electrons. The first-order valence-electron chi connectivity index (χ1n) is 6.31. The van der Waals surface area contributed by atoms with E-state index >= 15 is 0 Å². The molecule has 3 N–H and O–H groups in total. The van der Waals surface area contributed by atoms with Gasteiger partial charge < -0.3 is 11.1 Å². The number of rotatable bonds is 4. The minimum Gasteiger partial charge on any atom is -0.389 e. The van der Waals surface area contributed by atoms with Gasteiger partial charge in [0.1, 0.15) is 4.99 Å². The van der Waals surface area contributed by atoms with E-state index in [0.29, 0.717) is 41.8 Å². The van der Waals surface area contributed by atoms with Gasteiger partial charge in [-0.15, -0.1) is 0 Å². The highest BCUT2D eigenvalue weighted by molar-refractivity contribution is 7.85. The van der Waals surface area contributed by atoms with Gasteiger partial charge in [-0.25, -0.2) is 0 Å². The van der Waals surface area contributed by atoms with Crippen LogP contribution in [-0.2, 0) is 15.6 Å². The smallest absolute Gasteiger partial charge is 0.238 e. The van der Waals surface area contributed by atoms with Gasteiger partial charge in [-0.3, -0.25) is 13.9 Å². The molecule has 0 spiro atoms. The predicted molar refractivity (Wildman–Crippen MR) is 85.3 cm³/mol. The number of nitrogens with zero attached hydrogens (tertiary/aromatic N) is 1. The molecule has 20 heavy (non-hydrogen) atoms. The van der Waals surface area contributed by atoms with Crippen molar-refractivity contribution in [1.29, 1.82) is 0 Å². The molecule has 1 aliphatic rings. The molecule has 1 aromatic carbocycles. The summed E-state index contributed by atoms with van der Waals surface area (Å²) in [5, 5.41) is 2.82. The van der Waals surface area contributed by atoms with Crippen molar-refractivity contribution < 1.29 is 9.00 Å². The Morgan fingerprint density at radius 2 is 2.10 bits per heavy atom. The van der Waals surface area contributed by atoms with E-state index in [1.807, 2.05) is 4.90 Å². The fourth-order valence-electron chi connectivity index (χ4n) is 1.99. The van der Waals surface area contributed by atoms with Crippen molar-refractivity contribution in [2.75, 3.05) is 36.5 Å². The summed E-state index contributed by atoms with van der Waals surface area (Å²) in [5.74, 6) is 1.20. The van der Waals surface area contributed by atoms with E-state index in [1.165, 1.54) is 0 Å². The van der Waals surface area contributed by atoms with Crippen LogP contribution in [0.3, 0.4) is 0 Å². The summed E-state index contributed by atoms with van der Waals surface area (Å²) < 4.78 is 11.2. The lowest BCUT2D eigenvalue weighted by molar-refractivity contribution is -0.117. The number of nitrogens with two attached hydrogens (primary N) is 1. The first kappa shape index (κ1) is 15.1. The third kappa shape index (κ3) is 4.36. The Kier molecular flexibility index (Phi) is 5.22. The Morgan fingerprint density at radius 3 is 2.75 bits per heavy atom. The van der Waals surface area contributed by atoms with Crippen LogP contribution in [0, 0.1) is 0 Å². The van der Waals surface area contributed by atoms with Gasteiger partial charge in [0.2, 0.25) is 5.91 Å². The van der Waals surface area contributed by atoms with E-state index in [1.54, 1.807) is 24.3 Å². The van der Waals surface area contributed by atoms with Crippen LogP contribution in [0.2, 0.25) is 0 Å². The zero-order valence-corrected chi connectivity index (χ0v) is 12.6. The summed E-state index contributed by atoms with van der Waals surface area (Å²) in [4.78, 5) is 14.3. The van der Waals surface area contributed by atoms with Crippen molar-refractivity contribution >= 4 is 39.6 Å². The molecule has 5 nitrogen and oxygen atoms in total. The van der Waals surface area contributed by atoms with E-state index in [4.69, 9.17) is 18.0 Å². The summed E-state index contributed by atoms with van der Waals surface area (Å²) in [6, 6.07) is 7.16. The van der Waals surface area contributed by atoms with E-state index in [9.17, 15) is 9.00 Å². The van der Waals surface area contributed by atoms with Crippen LogP contribution in [0.15, 0.2) is 24.3 Å². The van der Waals surface area contributed by atoms with E-state index in [2.05, 4.69) is 5.32 Å². The molecule has 1 aliphatic heterocycles. The van der Waals surface area contributed by atoms with Crippen LogP contribution >= 0.6 is 12.2 Å². The number of hydrogen-bond acceptors (Lipinski definition) is 4. The van der Waals surface area contributed by atoms with Crippen molar-refractivity contribution in [2.45, 2.75) is 0 Å². The van der Waals surface area contributed by atoms with Crippen LogP contribution in [0.5, 0.6) is 0 Å². The van der Waals surface area contributed by atoms with E-state index < -0.39 is 10.8 Å². The predicted octanol–water partition coefficient (Wildman–Crippen LogP) is 0.324. The number of benzene rings is 1. The molecule has 0 bridgehead atoms. The van der Waals surface area contributed by atoms with Gasteiger partial charge in [0.25, 0.3) is 0 Å². The lowest BCUT2D eigenvalue weighted by Crippen LogP contribution is -2.42. The summed E-state index contributed by atoms with van der Waals surface area (Å²) >= 11 is 4.91. The Labute approximate surface area is 126 Å². The van der Waals surface area contributed by atoms with Gasteiger partial charge in [-0.05, 0) is 12.1 Å². The highest BCUT2D eigenvalue weighted by atomic mass is 32.2. The average Bonchev–Trinajstić information content (AvgIpc) is 2.41. The Hall–Kier alpha value is -1.31. The second-order valence-corrected chi connectivity index (χ2v) is 6.75. The molecule has 2 rings (SSSR count). The molecule has 0 saturated carbocycles. The molecular weight excluding hydrogens is 294 g/mol. The van der Waals surface area contributed by atoms with E-state index in [0.717, 1.165) is 5.56 Å². The Balaban J connectivity index is 1.89. The molecule has 1 aromatic rings. The first-order valence-corrected chi connectivity index (χ1v) is 8.21. The summed E-state index contributed by atoms with van der Waals surface area (Å²) in [7, 11) is -0.724. The molecular formula is C13H17N3O2S2. The number of anilines is 1. The maximum absolute atomic E-state index is 12.0. The molecule has 0 aliphatic carbocycles. The number of hydrogen-bond donors (Lipinski definition) is 2. The quantitative estimate of drug-likeness (QED) is 0.784. The third-order valence-corrected chi connectivity index (χ3v) is 4.58. The van der Waals surface area contributed by atoms with E-state index in [-0.39, 0.29) is 5.91 Å². The Morgan fingerprint density at radius 1 is 1.40 bits per heavy atom. The van der Waals surface area contributed by atoms with Crippen LogP contribution in [0.4, 0.5) is 5.69 Å². The van der Waals surface area contributed by atoms with Crippen LogP contribution in [0.1, 0.15) is 5.56 Å². The zero-order chi connectivity index (χ0) is 14.5. The summed E-state index contributed by atoms with van der Waals surface area (Å²) in [6.07, 6.45) is 0. The lowest BCUT2D eigenvalue weighted by Gasteiger charge is -2.25. The highest BCUT2D eigenvalue weighted by Crippen LogP contribution is 2.11. The fourth-order valence-corrected chi connectivity index (χ4v) is 3.24. The number of amides is 1. The zero-order valence-electron chi connectivity index (χ0n) is 11.0. The Bertz CT molecular complexity index is 538. The van der Waals surface area contributed by atoms with Crippen molar-refractivity contribution in [3.63, 3.8) is 0 Å². The number of thiocarbonyl (C=S) groups is 1. The average molecular weight is 311 g/mol. The minimum absolute atomic E-state index is 0.0854. The molecule has 0 atom stereocenters. The van der Waals surface area contributed by atoms with Gasteiger partial charge in [-0.1, -0.05) is 24.4 Å². The molecule has 0 radical (unpaired) electrons. The standard InChI is InChI=1S/C13H17N3O2S2/c14-13(19)10-2-1-3-11(8-10)15-12(17)9-16-4-6-20(18)7-5-16/h1-3,8H,4-7,9H2,(H2,14,19)(H,15,17). The van der Waals surface area contributed by atoms with Gasteiger partial charge in [0.15, 0.2) is 0 Å². The fraction of sp³-hybridized carbons (Fsp3) is 0.385. The molecule has 0 aromatic heterocycles. The first-order chi connectivity index (χ1) is 9.54. The number of nitrogens with one attached hydrogen (secondary N) is 1. The monoisotopic (exact) mass is 311 g/mol. The second-order valence-electron chi connectivity index (χ2n) is 4.62. The van der Waals surface area contributed by atoms with Crippen LogP contribution in [0.25, 0.3) is 0 Å². The van der Waals surface area contributed by atoms with Gasteiger partial charge in [0.05, 0.1) is 6.54 Å². The van der Waals surface area contributed by atoms with Crippen molar-refractivity contribution in [3.8, 4) is 0 Å². The second kappa shape index (κ2) is 6.92. The van der Waals surface area contributed by atoms with Gasteiger partial charge in [0, 0.05) is 46.6 Å². The van der Waals surface area contributed by atoms with Crippen LogP contribution in [-0.4, -0.2) is 51.1 Å². The summed E-state index contributed by atoms with van der Waals surface area (Å²) in [6.45, 7) is 1.72. The third-order valence-electron chi connectivity index (χ3n) is 3.07. The topological polar surface area (TPSA) is 75.4 Å².